The normalized spacial score (nSPS) is 15.2. The Morgan fingerprint density at radius 2 is 1.70 bits per heavy atom. The average Bonchev–Trinajstić information content (AvgIpc) is 2.36. The van der Waals surface area contributed by atoms with Gasteiger partial charge in [0.25, 0.3) is 0 Å². The van der Waals surface area contributed by atoms with Crippen molar-refractivity contribution in [1.82, 2.24) is 5.32 Å². The van der Waals surface area contributed by atoms with Gasteiger partial charge in [-0.25, -0.2) is 0 Å². The van der Waals surface area contributed by atoms with Crippen LogP contribution < -0.4 is 10.1 Å². The Morgan fingerprint density at radius 1 is 1.10 bits per heavy atom. The minimum Gasteiger partial charge on any atom is -0.496 e. The molecule has 0 aromatic heterocycles. The second kappa shape index (κ2) is 6.62. The Balaban J connectivity index is 2.91. The fourth-order valence-corrected chi connectivity index (χ4v) is 2.22. The molecule has 1 aromatic rings. The average molecular weight is 277 g/mol. The lowest BCUT2D eigenvalue weighted by molar-refractivity contribution is 0.186. The number of para-hydroxylation sites is 1. The third-order valence-corrected chi connectivity index (χ3v) is 4.20. The molecule has 0 saturated carbocycles. The predicted octanol–water partition coefficient (Wildman–Crippen LogP) is 4.29. The van der Waals surface area contributed by atoms with Crippen LogP contribution in [-0.4, -0.2) is 19.2 Å². The van der Waals surface area contributed by atoms with Crippen LogP contribution in [0.3, 0.4) is 0 Å². The molecule has 0 aliphatic rings. The van der Waals surface area contributed by atoms with E-state index in [1.165, 1.54) is 5.56 Å². The van der Waals surface area contributed by atoms with E-state index in [-0.39, 0.29) is 11.0 Å². The number of nitrogens with one attached hydrogen (secondary N) is 1. The summed E-state index contributed by atoms with van der Waals surface area (Å²) in [5, 5.41) is 3.66. The quantitative estimate of drug-likeness (QED) is 0.837. The summed E-state index contributed by atoms with van der Waals surface area (Å²) in [6.07, 6.45) is 1.03. The van der Waals surface area contributed by atoms with Gasteiger partial charge in [0.15, 0.2) is 0 Å². The Kier molecular flexibility index (Phi) is 5.64. The van der Waals surface area contributed by atoms with Crippen molar-refractivity contribution in [3.05, 3.63) is 29.8 Å². The zero-order valence-corrected chi connectivity index (χ0v) is 14.2. The lowest BCUT2D eigenvalue weighted by atomic mass is 9.74. The Bertz CT molecular complexity index is 420. The molecule has 0 heterocycles. The lowest BCUT2D eigenvalue weighted by Gasteiger charge is -2.37. The molecular formula is C18H31NO. The summed E-state index contributed by atoms with van der Waals surface area (Å²) in [6, 6.07) is 8.35. The third kappa shape index (κ3) is 4.82. The topological polar surface area (TPSA) is 21.3 Å². The Morgan fingerprint density at radius 3 is 2.20 bits per heavy atom. The monoisotopic (exact) mass is 277 g/mol. The van der Waals surface area contributed by atoms with Crippen molar-refractivity contribution in [1.29, 1.82) is 0 Å². The fourth-order valence-electron chi connectivity index (χ4n) is 2.22. The molecule has 0 saturated heterocycles. The van der Waals surface area contributed by atoms with Crippen LogP contribution in [0, 0.1) is 11.3 Å². The first-order valence-corrected chi connectivity index (χ1v) is 7.55. The number of ether oxygens (including phenoxy) is 1. The highest BCUT2D eigenvalue weighted by molar-refractivity contribution is 5.34. The third-order valence-electron chi connectivity index (χ3n) is 4.20. The van der Waals surface area contributed by atoms with Crippen molar-refractivity contribution in [3.8, 4) is 5.75 Å². The molecule has 114 valence electrons. The molecule has 2 heteroatoms. The maximum atomic E-state index is 5.50. The zero-order valence-electron chi connectivity index (χ0n) is 14.2. The molecule has 1 N–H and O–H groups in total. The van der Waals surface area contributed by atoms with E-state index >= 15 is 0 Å². The second-order valence-corrected chi connectivity index (χ2v) is 7.40. The van der Waals surface area contributed by atoms with E-state index in [9.17, 15) is 0 Å². The zero-order chi connectivity index (χ0) is 15.4. The molecule has 20 heavy (non-hydrogen) atoms. The van der Waals surface area contributed by atoms with Gasteiger partial charge >= 0.3 is 0 Å². The van der Waals surface area contributed by atoms with Gasteiger partial charge in [0.1, 0.15) is 5.75 Å². The molecule has 1 rings (SSSR count). The van der Waals surface area contributed by atoms with Crippen molar-refractivity contribution in [2.24, 2.45) is 11.3 Å². The standard InChI is InChI=1S/C18H31NO/c1-14(2)18(6,13-19-17(3,4)5)12-15-10-8-9-11-16(15)20-7/h8-11,14,19H,12-13H2,1-7H3. The molecule has 0 aliphatic heterocycles. The number of benzene rings is 1. The van der Waals surface area contributed by atoms with Gasteiger partial charge in [0.2, 0.25) is 0 Å². The van der Waals surface area contributed by atoms with E-state index in [4.69, 9.17) is 4.74 Å². The second-order valence-electron chi connectivity index (χ2n) is 7.40. The SMILES string of the molecule is COc1ccccc1CC(C)(CNC(C)(C)C)C(C)C. The van der Waals surface area contributed by atoms with Gasteiger partial charge < -0.3 is 10.1 Å². The summed E-state index contributed by atoms with van der Waals surface area (Å²) < 4.78 is 5.50. The van der Waals surface area contributed by atoms with Gasteiger partial charge in [-0.15, -0.1) is 0 Å². The predicted molar refractivity (Wildman–Crippen MR) is 87.4 cm³/mol. The summed E-state index contributed by atoms with van der Waals surface area (Å²) in [6.45, 7) is 14.6. The first kappa shape index (κ1) is 17.0. The van der Waals surface area contributed by atoms with Crippen LogP contribution in [0.1, 0.15) is 47.1 Å². The lowest BCUT2D eigenvalue weighted by Crippen LogP contribution is -2.45. The summed E-state index contributed by atoms with van der Waals surface area (Å²) >= 11 is 0. The Hall–Kier alpha value is -1.02. The first-order chi connectivity index (χ1) is 9.18. The van der Waals surface area contributed by atoms with Gasteiger partial charge in [-0.05, 0) is 50.2 Å². The fraction of sp³-hybridized carbons (Fsp3) is 0.667. The summed E-state index contributed by atoms with van der Waals surface area (Å²) in [5.74, 6) is 1.59. The molecule has 1 atom stereocenters. The van der Waals surface area contributed by atoms with Crippen molar-refractivity contribution in [3.63, 3.8) is 0 Å². The highest BCUT2D eigenvalue weighted by Crippen LogP contribution is 2.34. The van der Waals surface area contributed by atoms with Gasteiger partial charge in [0.05, 0.1) is 7.11 Å². The van der Waals surface area contributed by atoms with Crippen molar-refractivity contribution < 1.29 is 4.74 Å². The maximum Gasteiger partial charge on any atom is 0.122 e. The summed E-state index contributed by atoms with van der Waals surface area (Å²) in [4.78, 5) is 0. The highest BCUT2D eigenvalue weighted by atomic mass is 16.5. The molecule has 0 amide bonds. The van der Waals surface area contributed by atoms with E-state index in [0.29, 0.717) is 5.92 Å². The van der Waals surface area contributed by atoms with Crippen molar-refractivity contribution >= 4 is 0 Å². The summed E-state index contributed by atoms with van der Waals surface area (Å²) in [7, 11) is 1.75. The molecule has 0 spiro atoms. The number of methoxy groups -OCH3 is 1. The molecule has 0 fully saturated rings. The van der Waals surface area contributed by atoms with E-state index in [0.717, 1.165) is 18.7 Å². The molecule has 0 aliphatic carbocycles. The smallest absolute Gasteiger partial charge is 0.122 e. The Labute approximate surface area is 124 Å². The summed E-state index contributed by atoms with van der Waals surface area (Å²) in [5.41, 5.74) is 1.65. The molecule has 2 nitrogen and oxygen atoms in total. The van der Waals surface area contributed by atoms with Gasteiger partial charge in [-0.2, -0.15) is 0 Å². The number of hydrogen-bond donors (Lipinski definition) is 1. The highest BCUT2D eigenvalue weighted by Gasteiger charge is 2.30. The van der Waals surface area contributed by atoms with E-state index in [1.807, 2.05) is 12.1 Å². The van der Waals surface area contributed by atoms with E-state index in [2.05, 4.69) is 59.0 Å². The van der Waals surface area contributed by atoms with E-state index < -0.39 is 0 Å². The molecule has 0 bridgehead atoms. The van der Waals surface area contributed by atoms with Crippen LogP contribution >= 0.6 is 0 Å². The van der Waals surface area contributed by atoms with Crippen molar-refractivity contribution in [2.45, 2.75) is 53.5 Å². The van der Waals surface area contributed by atoms with Crippen LogP contribution in [0.25, 0.3) is 0 Å². The molecule has 1 unspecified atom stereocenters. The van der Waals surface area contributed by atoms with Crippen LogP contribution in [-0.2, 0) is 6.42 Å². The number of rotatable bonds is 6. The number of hydrogen-bond acceptors (Lipinski definition) is 2. The molecule has 0 radical (unpaired) electrons. The van der Waals surface area contributed by atoms with Crippen LogP contribution in [0.2, 0.25) is 0 Å². The largest absolute Gasteiger partial charge is 0.496 e. The maximum absolute atomic E-state index is 5.50. The van der Waals surface area contributed by atoms with Gasteiger partial charge in [-0.3, -0.25) is 0 Å². The molecule has 1 aromatic carbocycles. The van der Waals surface area contributed by atoms with Crippen LogP contribution in [0.5, 0.6) is 5.75 Å². The molecular weight excluding hydrogens is 246 g/mol. The van der Waals surface area contributed by atoms with Crippen molar-refractivity contribution in [2.75, 3.05) is 13.7 Å². The van der Waals surface area contributed by atoms with E-state index in [1.54, 1.807) is 7.11 Å². The van der Waals surface area contributed by atoms with Gasteiger partial charge in [0, 0.05) is 12.1 Å². The van der Waals surface area contributed by atoms with Crippen LogP contribution in [0.15, 0.2) is 24.3 Å². The minimum absolute atomic E-state index is 0.150. The van der Waals surface area contributed by atoms with Crippen LogP contribution in [0.4, 0.5) is 0 Å². The van der Waals surface area contributed by atoms with Gasteiger partial charge in [-0.1, -0.05) is 39.0 Å². The minimum atomic E-state index is 0.150. The first-order valence-electron chi connectivity index (χ1n) is 7.55.